The lowest BCUT2D eigenvalue weighted by Gasteiger charge is -2.12. The monoisotopic (exact) mass is 165 g/mol. The van der Waals surface area contributed by atoms with Crippen molar-refractivity contribution in [2.45, 2.75) is 24.8 Å². The van der Waals surface area contributed by atoms with Crippen LogP contribution in [0.25, 0.3) is 0 Å². The zero-order valence-corrected chi connectivity index (χ0v) is 6.75. The molecule has 0 saturated heterocycles. The number of alkyl halides is 2. The highest BCUT2D eigenvalue weighted by Crippen LogP contribution is 2.36. The Bertz CT molecular complexity index is 104. The summed E-state index contributed by atoms with van der Waals surface area (Å²) in [5.74, 6) is 0.666. The van der Waals surface area contributed by atoms with E-state index in [0.29, 0.717) is 12.3 Å². The molecule has 1 saturated carbocycles. The molecule has 1 nitrogen and oxygen atoms in total. The summed E-state index contributed by atoms with van der Waals surface area (Å²) >= 11 is 5.68. The van der Waals surface area contributed by atoms with Crippen LogP contribution in [-0.2, 0) is 0 Å². The Morgan fingerprint density at radius 2 is 2.20 bits per heavy atom. The molecular weight excluding hydrogens is 153 g/mol. The number of hydrogen-bond donors (Lipinski definition) is 1. The maximum absolute atomic E-state index is 11.6. The molecule has 0 spiro atoms. The highest BCUT2D eigenvalue weighted by molar-refractivity contribution is 6.18. The molecule has 0 aromatic carbocycles. The van der Waals surface area contributed by atoms with Crippen molar-refractivity contribution in [1.82, 2.24) is 5.32 Å². The molecule has 60 valence electrons. The van der Waals surface area contributed by atoms with Crippen molar-refractivity contribution in [1.29, 1.82) is 0 Å². The number of hydrogen-bond acceptors (Lipinski definition) is 1. The molecule has 0 radical (unpaired) electrons. The van der Waals surface area contributed by atoms with Crippen LogP contribution in [0.3, 0.4) is 0 Å². The van der Waals surface area contributed by atoms with Gasteiger partial charge in [-0.15, -0.1) is 11.6 Å². The minimum absolute atomic E-state index is 0.191. The van der Waals surface area contributed by atoms with E-state index in [9.17, 15) is 4.39 Å². The first-order valence-electron chi connectivity index (χ1n) is 3.70. The van der Waals surface area contributed by atoms with Crippen molar-refractivity contribution in [2.24, 2.45) is 0 Å². The van der Waals surface area contributed by atoms with Crippen molar-refractivity contribution in [3.05, 3.63) is 0 Å². The van der Waals surface area contributed by atoms with E-state index in [1.165, 1.54) is 0 Å². The molecule has 1 N–H and O–H groups in total. The normalized spacial score (nSPS) is 21.0. The minimum Gasteiger partial charge on any atom is -0.310 e. The summed E-state index contributed by atoms with van der Waals surface area (Å²) in [4.78, 5) is 0. The molecule has 0 atom stereocenters. The van der Waals surface area contributed by atoms with Crippen LogP contribution < -0.4 is 5.32 Å². The first-order valence-corrected chi connectivity index (χ1v) is 4.23. The summed E-state index contributed by atoms with van der Waals surface area (Å²) in [7, 11) is 0. The minimum atomic E-state index is -0.231. The zero-order valence-electron chi connectivity index (χ0n) is 6.00. The quantitative estimate of drug-likeness (QED) is 0.483. The van der Waals surface area contributed by atoms with E-state index in [1.54, 1.807) is 0 Å². The standard InChI is InChI=1S/C7H13ClFN/c8-6-7(2-3-7)10-5-1-4-9/h10H,1-6H2. The van der Waals surface area contributed by atoms with Gasteiger partial charge in [-0.3, -0.25) is 4.39 Å². The molecule has 1 aliphatic carbocycles. The Morgan fingerprint density at radius 3 is 2.60 bits per heavy atom. The van der Waals surface area contributed by atoms with Crippen LogP contribution in [0.2, 0.25) is 0 Å². The summed E-state index contributed by atoms with van der Waals surface area (Å²) < 4.78 is 11.6. The van der Waals surface area contributed by atoms with Gasteiger partial charge < -0.3 is 5.32 Å². The fourth-order valence-electron chi connectivity index (χ4n) is 0.929. The fourth-order valence-corrected chi connectivity index (χ4v) is 1.29. The smallest absolute Gasteiger partial charge is 0.0906 e. The summed E-state index contributed by atoms with van der Waals surface area (Å²) in [6, 6.07) is 0. The Labute approximate surface area is 65.9 Å². The molecule has 0 amide bonds. The van der Waals surface area contributed by atoms with Crippen LogP contribution in [0, 0.1) is 0 Å². The largest absolute Gasteiger partial charge is 0.310 e. The van der Waals surface area contributed by atoms with Gasteiger partial charge in [0.2, 0.25) is 0 Å². The second kappa shape index (κ2) is 3.54. The molecule has 0 aromatic rings. The van der Waals surface area contributed by atoms with Crippen LogP contribution in [0.1, 0.15) is 19.3 Å². The van der Waals surface area contributed by atoms with Gasteiger partial charge in [0.25, 0.3) is 0 Å². The topological polar surface area (TPSA) is 12.0 Å². The first kappa shape index (κ1) is 8.28. The Kier molecular flexibility index (Phi) is 2.93. The van der Waals surface area contributed by atoms with E-state index in [-0.39, 0.29) is 12.2 Å². The molecule has 0 bridgehead atoms. The van der Waals surface area contributed by atoms with Crippen molar-refractivity contribution in [2.75, 3.05) is 19.1 Å². The summed E-state index contributed by atoms with van der Waals surface area (Å²) in [6.07, 6.45) is 2.92. The van der Waals surface area contributed by atoms with Crippen LogP contribution in [0.5, 0.6) is 0 Å². The number of rotatable bonds is 5. The van der Waals surface area contributed by atoms with Crippen LogP contribution in [0.15, 0.2) is 0 Å². The van der Waals surface area contributed by atoms with Gasteiger partial charge in [-0.2, -0.15) is 0 Å². The third kappa shape index (κ3) is 2.10. The van der Waals surface area contributed by atoms with Crippen molar-refractivity contribution in [3.63, 3.8) is 0 Å². The summed E-state index contributed by atoms with van der Waals surface area (Å²) in [5.41, 5.74) is 0.191. The molecule has 1 fully saturated rings. The van der Waals surface area contributed by atoms with Gasteiger partial charge in [-0.05, 0) is 25.8 Å². The molecule has 10 heavy (non-hydrogen) atoms. The number of halogens is 2. The first-order chi connectivity index (χ1) is 4.83. The second-order valence-corrected chi connectivity index (χ2v) is 3.15. The molecule has 0 aliphatic heterocycles. The lowest BCUT2D eigenvalue weighted by Crippen LogP contribution is -2.33. The maximum atomic E-state index is 11.6. The van der Waals surface area contributed by atoms with E-state index in [2.05, 4.69) is 5.32 Å². The van der Waals surface area contributed by atoms with E-state index >= 15 is 0 Å². The molecule has 3 heteroatoms. The summed E-state index contributed by atoms with van der Waals surface area (Å²) in [6.45, 7) is 0.536. The predicted molar refractivity (Wildman–Crippen MR) is 41.3 cm³/mol. The zero-order chi connectivity index (χ0) is 7.45. The van der Waals surface area contributed by atoms with E-state index in [1.807, 2.05) is 0 Å². The van der Waals surface area contributed by atoms with Gasteiger partial charge in [-0.25, -0.2) is 0 Å². The van der Waals surface area contributed by atoms with Gasteiger partial charge >= 0.3 is 0 Å². The van der Waals surface area contributed by atoms with Gasteiger partial charge in [0.05, 0.1) is 6.67 Å². The Morgan fingerprint density at radius 1 is 1.50 bits per heavy atom. The lowest BCUT2D eigenvalue weighted by molar-refractivity contribution is 0.439. The molecule has 0 unspecified atom stereocenters. The highest BCUT2D eigenvalue weighted by atomic mass is 35.5. The Hall–Kier alpha value is 0.180. The van der Waals surface area contributed by atoms with Crippen molar-refractivity contribution in [3.8, 4) is 0 Å². The molecule has 0 heterocycles. The third-order valence-electron chi connectivity index (χ3n) is 1.92. The van der Waals surface area contributed by atoms with Crippen LogP contribution >= 0.6 is 11.6 Å². The fraction of sp³-hybridized carbons (Fsp3) is 1.00. The van der Waals surface area contributed by atoms with Crippen LogP contribution in [-0.4, -0.2) is 24.6 Å². The van der Waals surface area contributed by atoms with Gasteiger partial charge in [-0.1, -0.05) is 0 Å². The average Bonchev–Trinajstić information content (AvgIpc) is 2.70. The molecule has 1 rings (SSSR count). The van der Waals surface area contributed by atoms with Gasteiger partial charge in [0.1, 0.15) is 0 Å². The second-order valence-electron chi connectivity index (χ2n) is 2.88. The molecule has 0 aromatic heterocycles. The highest BCUT2D eigenvalue weighted by Gasteiger charge is 2.40. The molecular formula is C7H13ClFN. The van der Waals surface area contributed by atoms with Crippen molar-refractivity contribution < 1.29 is 4.39 Å². The van der Waals surface area contributed by atoms with Crippen LogP contribution in [0.4, 0.5) is 4.39 Å². The Balaban J connectivity index is 2.01. The van der Waals surface area contributed by atoms with E-state index in [0.717, 1.165) is 19.4 Å². The van der Waals surface area contributed by atoms with Gasteiger partial charge in [0, 0.05) is 11.4 Å². The SMILES string of the molecule is FCCCNC1(CCl)CC1. The van der Waals surface area contributed by atoms with E-state index < -0.39 is 0 Å². The average molecular weight is 166 g/mol. The van der Waals surface area contributed by atoms with Crippen molar-refractivity contribution >= 4 is 11.6 Å². The molecule has 1 aliphatic rings. The maximum Gasteiger partial charge on any atom is 0.0906 e. The van der Waals surface area contributed by atoms with E-state index in [4.69, 9.17) is 11.6 Å². The number of nitrogens with one attached hydrogen (secondary N) is 1. The summed E-state index contributed by atoms with van der Waals surface area (Å²) in [5, 5.41) is 3.25. The predicted octanol–water partition coefficient (Wildman–Crippen LogP) is 1.71. The lowest BCUT2D eigenvalue weighted by atomic mass is 10.3. The third-order valence-corrected chi connectivity index (χ3v) is 2.43. The van der Waals surface area contributed by atoms with Gasteiger partial charge in [0.15, 0.2) is 0 Å².